The molecular formula is C9H10O2. The summed E-state index contributed by atoms with van der Waals surface area (Å²) in [4.78, 5) is 20.1. The topological polar surface area (TPSA) is 34.1 Å². The Bertz CT molecular complexity index is 226. The number of hydrogen-bond donors (Lipinski definition) is 0. The second-order valence-electron chi connectivity index (χ2n) is 2.60. The van der Waals surface area contributed by atoms with Gasteiger partial charge in [0, 0.05) is 0 Å². The van der Waals surface area contributed by atoms with Crippen LogP contribution >= 0.6 is 0 Å². The van der Waals surface area contributed by atoms with E-state index in [-0.39, 0.29) is 0 Å². The van der Waals surface area contributed by atoms with Crippen LogP contribution in [0.25, 0.3) is 0 Å². The molecule has 0 aromatic heterocycles. The lowest BCUT2D eigenvalue weighted by Gasteiger charge is -2.04. The van der Waals surface area contributed by atoms with Gasteiger partial charge in [-0.3, -0.25) is 4.79 Å². The Hall–Kier alpha value is -1.36. The number of hydrogen-bond acceptors (Lipinski definition) is 2. The third-order valence-electron chi connectivity index (χ3n) is 0.947. The summed E-state index contributed by atoms with van der Waals surface area (Å²) in [6.07, 6.45) is 4.11. The van der Waals surface area contributed by atoms with Crippen molar-refractivity contribution < 1.29 is 9.59 Å². The van der Waals surface area contributed by atoms with E-state index < -0.39 is 5.41 Å². The lowest BCUT2D eigenvalue weighted by Crippen LogP contribution is -2.08. The Kier molecular flexibility index (Phi) is 3.90. The Balaban J connectivity index is 4.16. The average molecular weight is 150 g/mol. The molecule has 58 valence electrons. The highest BCUT2D eigenvalue weighted by molar-refractivity contribution is 5.67. The molecule has 0 aromatic carbocycles. The zero-order valence-electron chi connectivity index (χ0n) is 6.63. The zero-order valence-corrected chi connectivity index (χ0v) is 6.63. The minimum atomic E-state index is -0.618. The number of allylic oxidation sites excluding steroid dienone is 2. The van der Waals surface area contributed by atoms with Gasteiger partial charge in [0.05, 0.1) is 5.41 Å². The molecule has 0 N–H and O–H groups in total. The number of rotatable bonds is 2. The maximum Gasteiger partial charge on any atom is 0.143 e. The van der Waals surface area contributed by atoms with Gasteiger partial charge >= 0.3 is 0 Å². The molecule has 0 bridgehead atoms. The second-order valence-corrected chi connectivity index (χ2v) is 2.60. The fraction of sp³-hybridized carbons (Fsp3) is 0.333. The van der Waals surface area contributed by atoms with E-state index >= 15 is 0 Å². The van der Waals surface area contributed by atoms with E-state index in [1.54, 1.807) is 13.8 Å². The number of aldehydes is 2. The normalized spacial score (nSPS) is 10.4. The minimum absolute atomic E-state index is 0.618. The predicted molar refractivity (Wildman–Crippen MR) is 42.8 cm³/mol. The summed E-state index contributed by atoms with van der Waals surface area (Å²) >= 11 is 0. The van der Waals surface area contributed by atoms with E-state index in [9.17, 15) is 9.59 Å². The van der Waals surface area contributed by atoms with Crippen molar-refractivity contribution in [3.05, 3.63) is 12.2 Å². The summed E-state index contributed by atoms with van der Waals surface area (Å²) in [5.74, 6) is 5.26. The van der Waals surface area contributed by atoms with Crippen LogP contribution in [-0.2, 0) is 9.59 Å². The lowest BCUT2D eigenvalue weighted by atomic mass is 9.97. The first-order valence-corrected chi connectivity index (χ1v) is 3.22. The fourth-order valence-electron chi connectivity index (χ4n) is 0.345. The Morgan fingerprint density at radius 2 is 1.91 bits per heavy atom. The SMILES string of the molecule is CC(C)(C#CC=CC=O)C=O. The van der Waals surface area contributed by atoms with Gasteiger partial charge in [-0.25, -0.2) is 0 Å². The fourth-order valence-corrected chi connectivity index (χ4v) is 0.345. The molecule has 0 radical (unpaired) electrons. The van der Waals surface area contributed by atoms with Gasteiger partial charge in [0.25, 0.3) is 0 Å². The largest absolute Gasteiger partial charge is 0.302 e. The van der Waals surface area contributed by atoms with Crippen LogP contribution in [0.1, 0.15) is 13.8 Å². The molecule has 2 heteroatoms. The van der Waals surface area contributed by atoms with Gasteiger partial charge < -0.3 is 4.79 Å². The summed E-state index contributed by atoms with van der Waals surface area (Å²) in [5.41, 5.74) is -0.618. The summed E-state index contributed by atoms with van der Waals surface area (Å²) < 4.78 is 0. The van der Waals surface area contributed by atoms with Crippen LogP contribution in [0.3, 0.4) is 0 Å². The standard InChI is InChI=1S/C9H10O2/c1-9(2,8-11)6-4-3-5-7-10/h3,5,7-8H,1-2H3. The van der Waals surface area contributed by atoms with Crippen LogP contribution in [0.5, 0.6) is 0 Å². The molecule has 0 saturated carbocycles. The molecule has 0 aliphatic rings. The predicted octanol–water partition coefficient (Wildman–Crippen LogP) is 0.970. The Labute approximate surface area is 66.3 Å². The molecule has 0 amide bonds. The molecule has 0 aliphatic carbocycles. The van der Waals surface area contributed by atoms with Crippen molar-refractivity contribution in [2.75, 3.05) is 0 Å². The smallest absolute Gasteiger partial charge is 0.143 e. The van der Waals surface area contributed by atoms with E-state index in [1.165, 1.54) is 12.2 Å². The van der Waals surface area contributed by atoms with Gasteiger partial charge in [-0.15, -0.1) is 0 Å². The number of carbonyl (C=O) groups is 2. The monoisotopic (exact) mass is 150 g/mol. The van der Waals surface area contributed by atoms with Gasteiger partial charge in [-0.05, 0) is 26.0 Å². The number of carbonyl (C=O) groups excluding carboxylic acids is 2. The lowest BCUT2D eigenvalue weighted by molar-refractivity contribution is -0.112. The average Bonchev–Trinajstić information content (AvgIpc) is 1.99. The third kappa shape index (κ3) is 5.10. The van der Waals surface area contributed by atoms with Crippen LogP contribution in [0, 0.1) is 17.3 Å². The Morgan fingerprint density at radius 1 is 1.27 bits per heavy atom. The highest BCUT2D eigenvalue weighted by atomic mass is 16.1. The van der Waals surface area contributed by atoms with Gasteiger partial charge in [0.2, 0.25) is 0 Å². The summed E-state index contributed by atoms with van der Waals surface area (Å²) in [7, 11) is 0. The first kappa shape index (κ1) is 9.64. The summed E-state index contributed by atoms with van der Waals surface area (Å²) in [6, 6.07) is 0. The Morgan fingerprint density at radius 3 is 2.36 bits per heavy atom. The maximum atomic E-state index is 10.3. The molecule has 0 aromatic rings. The highest BCUT2D eigenvalue weighted by Gasteiger charge is 2.10. The molecule has 11 heavy (non-hydrogen) atoms. The molecule has 0 atom stereocenters. The van der Waals surface area contributed by atoms with Crippen LogP contribution in [0.4, 0.5) is 0 Å². The zero-order chi connectivity index (χ0) is 8.74. The van der Waals surface area contributed by atoms with Crippen molar-refractivity contribution in [2.24, 2.45) is 5.41 Å². The van der Waals surface area contributed by atoms with Crippen molar-refractivity contribution in [2.45, 2.75) is 13.8 Å². The first-order valence-electron chi connectivity index (χ1n) is 3.22. The molecule has 0 rings (SSSR count). The second kappa shape index (κ2) is 4.45. The molecular weight excluding hydrogens is 140 g/mol. The molecule has 0 unspecified atom stereocenters. The molecule has 0 spiro atoms. The third-order valence-corrected chi connectivity index (χ3v) is 0.947. The maximum absolute atomic E-state index is 10.3. The van der Waals surface area contributed by atoms with E-state index in [0.29, 0.717) is 6.29 Å². The quantitative estimate of drug-likeness (QED) is 0.334. The van der Waals surface area contributed by atoms with Crippen molar-refractivity contribution in [3.63, 3.8) is 0 Å². The minimum Gasteiger partial charge on any atom is -0.302 e. The summed E-state index contributed by atoms with van der Waals surface area (Å²) in [5, 5.41) is 0. The van der Waals surface area contributed by atoms with Crippen molar-refractivity contribution in [1.82, 2.24) is 0 Å². The molecule has 2 nitrogen and oxygen atoms in total. The molecule has 0 fully saturated rings. The summed E-state index contributed by atoms with van der Waals surface area (Å²) in [6.45, 7) is 3.42. The van der Waals surface area contributed by atoms with Gasteiger partial charge in [-0.1, -0.05) is 11.8 Å². The molecule has 0 aliphatic heterocycles. The van der Waals surface area contributed by atoms with Crippen LogP contribution in [0.2, 0.25) is 0 Å². The van der Waals surface area contributed by atoms with E-state index in [2.05, 4.69) is 11.8 Å². The van der Waals surface area contributed by atoms with Crippen LogP contribution in [-0.4, -0.2) is 12.6 Å². The van der Waals surface area contributed by atoms with Gasteiger partial charge in [-0.2, -0.15) is 0 Å². The molecule has 0 saturated heterocycles. The van der Waals surface area contributed by atoms with Crippen molar-refractivity contribution in [1.29, 1.82) is 0 Å². The van der Waals surface area contributed by atoms with Gasteiger partial charge in [0.15, 0.2) is 0 Å². The van der Waals surface area contributed by atoms with E-state index in [4.69, 9.17) is 0 Å². The highest BCUT2D eigenvalue weighted by Crippen LogP contribution is 2.07. The van der Waals surface area contributed by atoms with E-state index in [1.807, 2.05) is 0 Å². The molecule has 0 heterocycles. The van der Waals surface area contributed by atoms with Crippen molar-refractivity contribution in [3.8, 4) is 11.8 Å². The van der Waals surface area contributed by atoms with Crippen LogP contribution in [0.15, 0.2) is 12.2 Å². The van der Waals surface area contributed by atoms with Gasteiger partial charge in [0.1, 0.15) is 12.6 Å². The van der Waals surface area contributed by atoms with E-state index in [0.717, 1.165) is 6.29 Å². The van der Waals surface area contributed by atoms with Crippen LogP contribution < -0.4 is 0 Å². The van der Waals surface area contributed by atoms with Crippen molar-refractivity contribution >= 4 is 12.6 Å². The first-order chi connectivity index (χ1) is 5.12.